The molecule has 5 nitrogen and oxygen atoms in total. The molecule has 0 saturated carbocycles. The number of likely N-dealkylation sites (tertiary alicyclic amines) is 1. The average Bonchev–Trinajstić information content (AvgIpc) is 2.93. The summed E-state index contributed by atoms with van der Waals surface area (Å²) in [5.41, 5.74) is 0.957. The minimum atomic E-state index is -0.184. The summed E-state index contributed by atoms with van der Waals surface area (Å²) in [5, 5.41) is 6.42. The zero-order valence-corrected chi connectivity index (χ0v) is 13.7. The van der Waals surface area contributed by atoms with Gasteiger partial charge in [0.2, 0.25) is 0 Å². The Bertz CT molecular complexity index is 444. The molecular formula is C15H25N3O2S. The second kappa shape index (κ2) is 8.34. The molecule has 0 aromatic carbocycles. The molecular weight excluding hydrogens is 286 g/mol. The van der Waals surface area contributed by atoms with Gasteiger partial charge in [-0.2, -0.15) is 0 Å². The van der Waals surface area contributed by atoms with E-state index in [1.165, 1.54) is 39.5 Å². The highest BCUT2D eigenvalue weighted by Gasteiger charge is 2.14. The van der Waals surface area contributed by atoms with Crippen LogP contribution in [0.15, 0.2) is 5.38 Å². The van der Waals surface area contributed by atoms with Gasteiger partial charge in [0.05, 0.1) is 19.2 Å². The van der Waals surface area contributed by atoms with Crippen LogP contribution in [-0.2, 0) is 16.0 Å². The summed E-state index contributed by atoms with van der Waals surface area (Å²) in [7, 11) is 1.42. The predicted molar refractivity (Wildman–Crippen MR) is 85.8 cm³/mol. The van der Waals surface area contributed by atoms with Crippen LogP contribution in [0.1, 0.15) is 38.3 Å². The number of nitrogens with one attached hydrogen (secondary N) is 1. The summed E-state index contributed by atoms with van der Waals surface area (Å²) in [6, 6.07) is 0.391. The second-order valence-corrected chi connectivity index (χ2v) is 6.48. The van der Waals surface area contributed by atoms with Crippen LogP contribution in [0.3, 0.4) is 0 Å². The summed E-state index contributed by atoms with van der Waals surface area (Å²) < 4.78 is 4.64. The number of ether oxygens (including phenoxy) is 1. The van der Waals surface area contributed by atoms with Crippen LogP contribution < -0.4 is 5.32 Å². The van der Waals surface area contributed by atoms with Crippen molar-refractivity contribution in [1.82, 2.24) is 9.88 Å². The van der Waals surface area contributed by atoms with Gasteiger partial charge in [-0.3, -0.25) is 4.79 Å². The number of carbonyl (C=O) groups excluding carboxylic acids is 1. The monoisotopic (exact) mass is 311 g/mol. The molecule has 1 atom stereocenters. The zero-order chi connectivity index (χ0) is 15.1. The first-order chi connectivity index (χ1) is 10.2. The molecule has 118 valence electrons. The molecule has 1 N–H and O–H groups in total. The van der Waals surface area contributed by atoms with Crippen molar-refractivity contribution in [3.05, 3.63) is 11.1 Å². The van der Waals surface area contributed by atoms with Gasteiger partial charge in [-0.15, -0.1) is 11.3 Å². The first-order valence-corrected chi connectivity index (χ1v) is 8.55. The molecule has 1 aliphatic heterocycles. The number of thiazole rings is 1. The summed E-state index contributed by atoms with van der Waals surface area (Å²) in [4.78, 5) is 18.2. The van der Waals surface area contributed by atoms with Gasteiger partial charge >= 0.3 is 5.97 Å². The molecule has 1 aromatic rings. The van der Waals surface area contributed by atoms with Crippen LogP contribution >= 0.6 is 11.3 Å². The van der Waals surface area contributed by atoms with Crippen LogP contribution in [0, 0.1) is 0 Å². The zero-order valence-electron chi connectivity index (χ0n) is 12.9. The first-order valence-electron chi connectivity index (χ1n) is 7.67. The average molecular weight is 311 g/mol. The Morgan fingerprint density at radius 1 is 1.48 bits per heavy atom. The van der Waals surface area contributed by atoms with Gasteiger partial charge in [-0.25, -0.2) is 4.98 Å². The fourth-order valence-electron chi connectivity index (χ4n) is 2.61. The lowest BCUT2D eigenvalue weighted by Gasteiger charge is -2.29. The molecule has 1 aliphatic rings. The van der Waals surface area contributed by atoms with Gasteiger partial charge in [0, 0.05) is 24.4 Å². The van der Waals surface area contributed by atoms with Gasteiger partial charge in [0.15, 0.2) is 5.13 Å². The first kappa shape index (κ1) is 16.2. The molecule has 21 heavy (non-hydrogen) atoms. The van der Waals surface area contributed by atoms with Gasteiger partial charge < -0.3 is 15.0 Å². The fourth-order valence-corrected chi connectivity index (χ4v) is 3.46. The molecule has 1 aromatic heterocycles. The molecule has 0 amide bonds. The maximum Gasteiger partial charge on any atom is 0.305 e. The lowest BCUT2D eigenvalue weighted by atomic mass is 10.1. The maximum atomic E-state index is 11.1. The van der Waals surface area contributed by atoms with Crippen LogP contribution in [0.4, 0.5) is 5.13 Å². The van der Waals surface area contributed by atoms with Gasteiger partial charge in [0.1, 0.15) is 0 Å². The van der Waals surface area contributed by atoms with Crippen molar-refractivity contribution in [2.75, 3.05) is 32.1 Å². The molecule has 0 aliphatic carbocycles. The quantitative estimate of drug-likeness (QED) is 0.784. The number of nitrogens with zero attached hydrogens (tertiary/aromatic N) is 2. The van der Waals surface area contributed by atoms with E-state index in [1.807, 2.05) is 5.38 Å². The SMILES string of the molecule is COC(=O)CCc1csc(NC(C)CN2CCCCC2)n1. The van der Waals surface area contributed by atoms with E-state index in [4.69, 9.17) is 0 Å². The number of esters is 1. The molecule has 2 heterocycles. The third kappa shape index (κ3) is 5.63. The normalized spacial score (nSPS) is 17.4. The van der Waals surface area contributed by atoms with E-state index in [0.717, 1.165) is 17.4 Å². The van der Waals surface area contributed by atoms with Crippen LogP contribution in [0.25, 0.3) is 0 Å². The number of aromatic nitrogens is 1. The maximum absolute atomic E-state index is 11.1. The number of hydrogen-bond donors (Lipinski definition) is 1. The van der Waals surface area contributed by atoms with Crippen molar-refractivity contribution < 1.29 is 9.53 Å². The molecule has 1 saturated heterocycles. The van der Waals surface area contributed by atoms with Gasteiger partial charge in [-0.1, -0.05) is 6.42 Å². The summed E-state index contributed by atoms with van der Waals surface area (Å²) in [6.07, 6.45) is 5.05. The fraction of sp³-hybridized carbons (Fsp3) is 0.733. The predicted octanol–water partition coefficient (Wildman–Crippen LogP) is 2.54. The Morgan fingerprint density at radius 3 is 2.95 bits per heavy atom. The lowest BCUT2D eigenvalue weighted by molar-refractivity contribution is -0.140. The van der Waals surface area contributed by atoms with E-state index in [0.29, 0.717) is 18.9 Å². The minimum Gasteiger partial charge on any atom is -0.469 e. The Balaban J connectivity index is 1.74. The van der Waals surface area contributed by atoms with E-state index in [9.17, 15) is 4.79 Å². The Hall–Kier alpha value is -1.14. The van der Waals surface area contributed by atoms with Crippen molar-refractivity contribution in [3.63, 3.8) is 0 Å². The highest BCUT2D eigenvalue weighted by molar-refractivity contribution is 7.13. The standard InChI is InChI=1S/C15H25N3O2S/c1-12(10-18-8-4-3-5-9-18)16-15-17-13(11-21-15)6-7-14(19)20-2/h11-12H,3-10H2,1-2H3,(H,16,17). The van der Waals surface area contributed by atoms with Gasteiger partial charge in [-0.05, 0) is 32.9 Å². The number of aryl methyl sites for hydroxylation is 1. The molecule has 0 bridgehead atoms. The number of carbonyl (C=O) groups is 1. The van der Waals surface area contributed by atoms with E-state index < -0.39 is 0 Å². The van der Waals surface area contributed by atoms with Crippen molar-refractivity contribution in [2.45, 2.75) is 45.1 Å². The molecule has 1 unspecified atom stereocenters. The van der Waals surface area contributed by atoms with Crippen LogP contribution in [-0.4, -0.2) is 48.6 Å². The Labute approximate surface area is 130 Å². The lowest BCUT2D eigenvalue weighted by Crippen LogP contribution is -2.38. The molecule has 2 rings (SSSR count). The number of piperidine rings is 1. The molecule has 1 fully saturated rings. The second-order valence-electron chi connectivity index (χ2n) is 5.63. The summed E-state index contributed by atoms with van der Waals surface area (Å²) in [6.45, 7) is 5.70. The van der Waals surface area contributed by atoms with Crippen molar-refractivity contribution >= 4 is 22.4 Å². The summed E-state index contributed by atoms with van der Waals surface area (Å²) in [5.74, 6) is -0.184. The summed E-state index contributed by atoms with van der Waals surface area (Å²) >= 11 is 1.61. The highest BCUT2D eigenvalue weighted by atomic mass is 32.1. The number of rotatable bonds is 7. The van der Waals surface area contributed by atoms with Crippen LogP contribution in [0.2, 0.25) is 0 Å². The Kier molecular flexibility index (Phi) is 6.45. The number of hydrogen-bond acceptors (Lipinski definition) is 6. The highest BCUT2D eigenvalue weighted by Crippen LogP contribution is 2.18. The number of anilines is 1. The van der Waals surface area contributed by atoms with Crippen molar-refractivity contribution in [3.8, 4) is 0 Å². The molecule has 0 spiro atoms. The Morgan fingerprint density at radius 2 is 2.24 bits per heavy atom. The largest absolute Gasteiger partial charge is 0.469 e. The smallest absolute Gasteiger partial charge is 0.305 e. The van der Waals surface area contributed by atoms with Gasteiger partial charge in [0.25, 0.3) is 0 Å². The van der Waals surface area contributed by atoms with E-state index >= 15 is 0 Å². The third-order valence-corrected chi connectivity index (χ3v) is 4.54. The minimum absolute atomic E-state index is 0.184. The van der Waals surface area contributed by atoms with Crippen molar-refractivity contribution in [1.29, 1.82) is 0 Å². The van der Waals surface area contributed by atoms with E-state index in [1.54, 1.807) is 11.3 Å². The van der Waals surface area contributed by atoms with Crippen LogP contribution in [0.5, 0.6) is 0 Å². The van der Waals surface area contributed by atoms with E-state index in [2.05, 4.69) is 26.9 Å². The molecule has 6 heteroatoms. The number of methoxy groups -OCH3 is 1. The third-order valence-electron chi connectivity index (χ3n) is 3.72. The molecule has 0 radical (unpaired) electrons. The topological polar surface area (TPSA) is 54.5 Å². The van der Waals surface area contributed by atoms with E-state index in [-0.39, 0.29) is 5.97 Å². The van der Waals surface area contributed by atoms with Crippen molar-refractivity contribution in [2.24, 2.45) is 0 Å².